The molecule has 0 saturated carbocycles. The number of aromatic nitrogens is 2. The number of cyclic esters (lactones) is 1. The fourth-order valence-electron chi connectivity index (χ4n) is 9.17. The lowest BCUT2D eigenvalue weighted by molar-refractivity contribution is -0.331. The van der Waals surface area contributed by atoms with E-state index in [9.17, 15) is 24.9 Å². The van der Waals surface area contributed by atoms with Crippen LogP contribution in [0, 0.1) is 17.8 Å². The van der Waals surface area contributed by atoms with E-state index < -0.39 is 77.6 Å². The Morgan fingerprint density at radius 2 is 1.80 bits per heavy atom. The van der Waals surface area contributed by atoms with Crippen LogP contribution in [-0.2, 0) is 28.5 Å². The highest BCUT2D eigenvalue weighted by molar-refractivity contribution is 5.92. The monoisotopic (exact) mass is 763 g/mol. The first-order chi connectivity index (χ1) is 25.3. The van der Waals surface area contributed by atoms with Crippen molar-refractivity contribution in [3.63, 3.8) is 0 Å². The molecule has 0 aromatic carbocycles. The maximum absolute atomic E-state index is 14.2. The van der Waals surface area contributed by atoms with Crippen LogP contribution >= 0.6 is 0 Å². The largest absolute Gasteiger partial charge is 0.459 e. The van der Waals surface area contributed by atoms with Gasteiger partial charge in [0.1, 0.15) is 29.6 Å². The van der Waals surface area contributed by atoms with Gasteiger partial charge in [0.2, 0.25) is 0 Å². The van der Waals surface area contributed by atoms with E-state index in [0.29, 0.717) is 45.3 Å². The van der Waals surface area contributed by atoms with E-state index in [0.717, 1.165) is 0 Å². The number of hydrogen-bond donors (Lipinski definition) is 4. The zero-order valence-corrected chi connectivity index (χ0v) is 33.8. The summed E-state index contributed by atoms with van der Waals surface area (Å²) in [5.74, 6) is -3.50. The molecule has 306 valence electrons. The van der Waals surface area contributed by atoms with Crippen LogP contribution in [0.1, 0.15) is 98.0 Å². The molecule has 5 rings (SSSR count). The molecule has 4 aliphatic rings. The zero-order chi connectivity index (χ0) is 39.7. The van der Waals surface area contributed by atoms with Crippen LogP contribution in [0.5, 0.6) is 0 Å². The molecular formula is C39H65N5O10. The van der Waals surface area contributed by atoms with Gasteiger partial charge in [-0.05, 0) is 80.4 Å². The Hall–Kier alpha value is -2.34. The van der Waals surface area contributed by atoms with Crippen LogP contribution in [0.2, 0.25) is 0 Å². The molecule has 15 nitrogen and oxygen atoms in total. The topological polar surface area (TPSA) is 185 Å². The van der Waals surface area contributed by atoms with E-state index in [1.807, 2.05) is 39.8 Å². The van der Waals surface area contributed by atoms with Crippen molar-refractivity contribution in [3.8, 4) is 0 Å². The molecule has 5 heterocycles. The molecule has 14 atom stereocenters. The zero-order valence-electron chi connectivity index (χ0n) is 33.8. The lowest BCUT2D eigenvalue weighted by Crippen LogP contribution is -2.60. The van der Waals surface area contributed by atoms with Crippen molar-refractivity contribution in [1.29, 1.82) is 0 Å². The van der Waals surface area contributed by atoms with Gasteiger partial charge in [0.15, 0.2) is 12.1 Å². The number of nitrogens with one attached hydrogen (secondary N) is 1. The summed E-state index contributed by atoms with van der Waals surface area (Å²) in [7, 11) is 3.85. The predicted molar refractivity (Wildman–Crippen MR) is 198 cm³/mol. The molecular weight excluding hydrogens is 698 g/mol. The second-order valence-corrected chi connectivity index (χ2v) is 17.1. The summed E-state index contributed by atoms with van der Waals surface area (Å²) in [5, 5.41) is 38.0. The Bertz CT molecular complexity index is 1410. The molecule has 4 fully saturated rings. The summed E-state index contributed by atoms with van der Waals surface area (Å²) in [6, 6.07) is -0.760. The van der Waals surface area contributed by atoms with Gasteiger partial charge in [0.25, 0.3) is 5.91 Å². The van der Waals surface area contributed by atoms with Crippen molar-refractivity contribution in [1.82, 2.24) is 25.1 Å². The minimum Gasteiger partial charge on any atom is -0.459 e. The lowest BCUT2D eigenvalue weighted by atomic mass is 9.78. The first-order valence-corrected chi connectivity index (χ1v) is 19.8. The summed E-state index contributed by atoms with van der Waals surface area (Å²) in [6.07, 6.45) is 0.433. The molecule has 4 saturated heterocycles. The van der Waals surface area contributed by atoms with Crippen LogP contribution in [0.4, 0.5) is 0 Å². The number of likely N-dealkylation sites (tertiary alicyclic amines) is 1. The standard InChI is InChI=1S/C39H65N5O10/c1-11-29-38(8,49)32(46)26(6)42-20-22(2)19-37(7)33(52-36-30(45)28(43(9)10)18-23(3)50-36)24(4)31(25(5)35(48)51-29)53-39(54-37)12-16-44(17-13-39)34(47)27-21-40-14-15-41-27/h14-15,21-26,28-33,36,42,45-46,49H,11-13,16-20H2,1-10H3/t22-,23-,24+,25-,26-,28+,29-,30-,31+,32-,33-,36+,37-,38-/m1/s1. The summed E-state index contributed by atoms with van der Waals surface area (Å²) < 4.78 is 33.7. The number of carbonyl (C=O) groups is 2. The minimum absolute atomic E-state index is 0.0483. The number of nitrogens with zero attached hydrogens (tertiary/aromatic N) is 4. The van der Waals surface area contributed by atoms with Gasteiger partial charge in [-0.2, -0.15) is 0 Å². The normalized spacial score (nSPS) is 42.6. The lowest BCUT2D eigenvalue weighted by Gasteiger charge is -2.49. The molecule has 1 amide bonds. The Kier molecular flexibility index (Phi) is 13.5. The SMILES string of the molecule is CC[C@H]1OC(=O)[C@H](C)[C@H]2OC3(CCN(C(=O)c4cnccn4)CC3)O[C@](C)(C[C@@H](C)CN[C@H](C)[C@@H](O)[C@]1(C)O)[C@H](O[C@@H]1O[C@H](C)C[C@H](N(C)C)[C@H]1O)[C@H]2C. The third-order valence-electron chi connectivity index (χ3n) is 12.3. The van der Waals surface area contributed by atoms with E-state index in [1.54, 1.807) is 25.7 Å². The molecule has 15 heteroatoms. The van der Waals surface area contributed by atoms with E-state index in [2.05, 4.69) is 22.2 Å². The summed E-state index contributed by atoms with van der Waals surface area (Å²) in [6.45, 7) is 15.9. The van der Waals surface area contributed by atoms with Gasteiger partial charge < -0.3 is 54.1 Å². The highest BCUT2D eigenvalue weighted by atomic mass is 16.7. The Morgan fingerprint density at radius 3 is 2.41 bits per heavy atom. The molecule has 1 spiro atoms. The summed E-state index contributed by atoms with van der Waals surface area (Å²) in [4.78, 5) is 39.6. The number of ether oxygens (including phenoxy) is 5. The van der Waals surface area contributed by atoms with Crippen LogP contribution in [0.25, 0.3) is 0 Å². The van der Waals surface area contributed by atoms with Crippen LogP contribution in [0.3, 0.4) is 0 Å². The number of likely N-dealkylation sites (N-methyl/N-ethyl adjacent to an activating group) is 1. The highest BCUT2D eigenvalue weighted by Crippen LogP contribution is 2.48. The number of aliphatic hydroxyl groups excluding tert-OH is 2. The van der Waals surface area contributed by atoms with Gasteiger partial charge in [-0.25, -0.2) is 4.98 Å². The quantitative estimate of drug-likeness (QED) is 0.320. The fourth-order valence-corrected chi connectivity index (χ4v) is 9.17. The summed E-state index contributed by atoms with van der Waals surface area (Å²) >= 11 is 0. The first-order valence-electron chi connectivity index (χ1n) is 19.8. The second-order valence-electron chi connectivity index (χ2n) is 17.1. The molecule has 0 radical (unpaired) electrons. The van der Waals surface area contributed by atoms with Crippen molar-refractivity contribution in [2.75, 3.05) is 33.7 Å². The van der Waals surface area contributed by atoms with Crippen molar-refractivity contribution in [2.45, 2.75) is 159 Å². The Morgan fingerprint density at radius 1 is 1.11 bits per heavy atom. The molecule has 0 aliphatic carbocycles. The summed E-state index contributed by atoms with van der Waals surface area (Å²) in [5.41, 5.74) is -2.57. The molecule has 4 N–H and O–H groups in total. The Balaban J connectivity index is 1.58. The van der Waals surface area contributed by atoms with Gasteiger partial charge in [0, 0.05) is 56.3 Å². The average Bonchev–Trinajstić information content (AvgIpc) is 3.21. The number of esters is 1. The Labute approximate surface area is 320 Å². The van der Waals surface area contributed by atoms with Crippen molar-refractivity contribution < 1.29 is 48.6 Å². The second kappa shape index (κ2) is 17.0. The van der Waals surface area contributed by atoms with Gasteiger partial charge in [-0.1, -0.05) is 20.8 Å². The maximum Gasteiger partial charge on any atom is 0.311 e. The van der Waals surface area contributed by atoms with Gasteiger partial charge >= 0.3 is 5.97 Å². The van der Waals surface area contributed by atoms with Crippen LogP contribution < -0.4 is 5.32 Å². The van der Waals surface area contributed by atoms with E-state index >= 15 is 0 Å². The fraction of sp³-hybridized carbons (Fsp3) is 0.846. The maximum atomic E-state index is 14.2. The van der Waals surface area contributed by atoms with Gasteiger partial charge in [0.05, 0.1) is 36.0 Å². The van der Waals surface area contributed by atoms with Crippen molar-refractivity contribution in [2.24, 2.45) is 17.8 Å². The minimum atomic E-state index is -1.75. The number of aliphatic hydroxyl groups is 3. The molecule has 2 bridgehead atoms. The van der Waals surface area contributed by atoms with E-state index in [4.69, 9.17) is 23.7 Å². The van der Waals surface area contributed by atoms with Gasteiger partial charge in [-0.3, -0.25) is 14.6 Å². The number of carbonyl (C=O) groups excluding carboxylic acids is 2. The first kappa shape index (κ1) is 42.8. The molecule has 1 aromatic rings. The van der Waals surface area contributed by atoms with Crippen LogP contribution in [0.15, 0.2) is 18.6 Å². The number of amides is 1. The smallest absolute Gasteiger partial charge is 0.311 e. The number of hydrogen-bond acceptors (Lipinski definition) is 14. The van der Waals surface area contributed by atoms with Crippen molar-refractivity contribution >= 4 is 11.9 Å². The molecule has 1 aromatic heterocycles. The third kappa shape index (κ3) is 8.94. The van der Waals surface area contributed by atoms with Crippen molar-refractivity contribution in [3.05, 3.63) is 24.3 Å². The predicted octanol–water partition coefficient (Wildman–Crippen LogP) is 2.12. The molecule has 54 heavy (non-hydrogen) atoms. The number of piperidine rings is 1. The third-order valence-corrected chi connectivity index (χ3v) is 12.3. The van der Waals surface area contributed by atoms with E-state index in [-0.39, 0.29) is 36.1 Å². The molecule has 0 unspecified atom stereocenters. The van der Waals surface area contributed by atoms with Crippen LogP contribution in [-0.4, -0.2) is 153 Å². The number of fused-ring (bicyclic) bond motifs is 3. The molecule has 4 aliphatic heterocycles. The highest BCUT2D eigenvalue weighted by Gasteiger charge is 2.58. The van der Waals surface area contributed by atoms with Gasteiger partial charge in [-0.15, -0.1) is 0 Å². The average molecular weight is 764 g/mol. The number of rotatable bonds is 5. The van der Waals surface area contributed by atoms with E-state index in [1.165, 1.54) is 25.5 Å².